The van der Waals surface area contributed by atoms with Crippen LogP contribution in [0, 0.1) is 0 Å². The van der Waals surface area contributed by atoms with Crippen LogP contribution < -0.4 is 5.32 Å². The fourth-order valence-corrected chi connectivity index (χ4v) is 3.88. The van der Waals surface area contributed by atoms with E-state index in [1.54, 1.807) is 0 Å². The maximum Gasteiger partial charge on any atom is 0.0936 e. The highest BCUT2D eigenvalue weighted by molar-refractivity contribution is 4.91. The summed E-state index contributed by atoms with van der Waals surface area (Å²) in [5.41, 5.74) is 0.212. The van der Waals surface area contributed by atoms with Crippen molar-refractivity contribution >= 4 is 0 Å². The summed E-state index contributed by atoms with van der Waals surface area (Å²) in [5, 5.41) is 3.37. The van der Waals surface area contributed by atoms with Crippen LogP contribution in [0.5, 0.6) is 0 Å². The number of morpholine rings is 1. The Morgan fingerprint density at radius 1 is 1.05 bits per heavy atom. The van der Waals surface area contributed by atoms with E-state index in [1.165, 1.54) is 44.9 Å². The Morgan fingerprint density at radius 2 is 1.85 bits per heavy atom. The summed E-state index contributed by atoms with van der Waals surface area (Å²) in [4.78, 5) is 0. The smallest absolute Gasteiger partial charge is 0.0936 e. The van der Waals surface area contributed by atoms with Crippen LogP contribution in [0.3, 0.4) is 0 Å². The van der Waals surface area contributed by atoms with Crippen molar-refractivity contribution in [1.29, 1.82) is 0 Å². The van der Waals surface area contributed by atoms with E-state index in [-0.39, 0.29) is 11.7 Å². The standard InChI is InChI=1S/C16H29NO3/c1-13-9-17-10-15(19-13)12-18-11-14-5-8-16(20-14)6-3-2-4-7-16/h13-15,17H,2-12H2,1H3. The van der Waals surface area contributed by atoms with Gasteiger partial charge in [0.25, 0.3) is 0 Å². The molecule has 116 valence electrons. The lowest BCUT2D eigenvalue weighted by Gasteiger charge is -2.33. The maximum atomic E-state index is 6.32. The predicted molar refractivity (Wildman–Crippen MR) is 77.9 cm³/mol. The highest BCUT2D eigenvalue weighted by Gasteiger charge is 2.40. The van der Waals surface area contributed by atoms with Gasteiger partial charge in [0.2, 0.25) is 0 Å². The third-order valence-corrected chi connectivity index (χ3v) is 4.94. The van der Waals surface area contributed by atoms with E-state index in [4.69, 9.17) is 14.2 Å². The van der Waals surface area contributed by atoms with Crippen LogP contribution in [0.2, 0.25) is 0 Å². The Morgan fingerprint density at radius 3 is 2.65 bits per heavy atom. The Kier molecular flexibility index (Phi) is 4.97. The first-order valence-electron chi connectivity index (χ1n) is 8.37. The zero-order valence-electron chi connectivity index (χ0n) is 12.7. The third-order valence-electron chi connectivity index (χ3n) is 4.94. The molecule has 3 fully saturated rings. The number of ether oxygens (including phenoxy) is 3. The van der Waals surface area contributed by atoms with Gasteiger partial charge < -0.3 is 19.5 Å². The Hall–Kier alpha value is -0.160. The van der Waals surface area contributed by atoms with Crippen LogP contribution in [-0.4, -0.2) is 50.2 Å². The summed E-state index contributed by atoms with van der Waals surface area (Å²) < 4.78 is 18.0. The number of hydrogen-bond acceptors (Lipinski definition) is 4. The molecule has 0 radical (unpaired) electrons. The van der Waals surface area contributed by atoms with Crippen molar-refractivity contribution in [2.24, 2.45) is 0 Å². The van der Waals surface area contributed by atoms with Crippen molar-refractivity contribution in [3.8, 4) is 0 Å². The minimum atomic E-state index is 0.198. The molecular weight excluding hydrogens is 254 g/mol. The highest BCUT2D eigenvalue weighted by Crippen LogP contribution is 2.41. The molecule has 3 unspecified atom stereocenters. The van der Waals surface area contributed by atoms with Crippen molar-refractivity contribution in [2.75, 3.05) is 26.3 Å². The molecule has 0 aromatic heterocycles. The second-order valence-corrected chi connectivity index (χ2v) is 6.79. The van der Waals surface area contributed by atoms with Gasteiger partial charge in [0, 0.05) is 13.1 Å². The predicted octanol–water partition coefficient (Wildman–Crippen LogP) is 2.26. The van der Waals surface area contributed by atoms with E-state index in [0.29, 0.717) is 18.8 Å². The Bertz CT molecular complexity index is 304. The van der Waals surface area contributed by atoms with Gasteiger partial charge in [-0.15, -0.1) is 0 Å². The molecule has 3 rings (SSSR count). The highest BCUT2D eigenvalue weighted by atomic mass is 16.6. The molecule has 0 aromatic rings. The number of nitrogens with one attached hydrogen (secondary N) is 1. The fraction of sp³-hybridized carbons (Fsp3) is 1.00. The molecule has 0 amide bonds. The van der Waals surface area contributed by atoms with E-state index in [9.17, 15) is 0 Å². The lowest BCUT2D eigenvalue weighted by molar-refractivity contribution is -0.109. The van der Waals surface area contributed by atoms with E-state index in [2.05, 4.69) is 12.2 Å². The first-order chi connectivity index (χ1) is 9.76. The first kappa shape index (κ1) is 14.8. The molecule has 4 nitrogen and oxygen atoms in total. The molecule has 2 aliphatic heterocycles. The topological polar surface area (TPSA) is 39.7 Å². The third kappa shape index (κ3) is 3.73. The minimum Gasteiger partial charge on any atom is -0.376 e. The number of hydrogen-bond donors (Lipinski definition) is 1. The Labute approximate surface area is 122 Å². The Balaban J connectivity index is 1.35. The molecule has 1 saturated carbocycles. The molecular formula is C16H29NO3. The van der Waals surface area contributed by atoms with E-state index >= 15 is 0 Å². The van der Waals surface area contributed by atoms with Crippen LogP contribution in [0.1, 0.15) is 51.9 Å². The van der Waals surface area contributed by atoms with Crippen molar-refractivity contribution in [1.82, 2.24) is 5.32 Å². The van der Waals surface area contributed by atoms with Gasteiger partial charge in [-0.1, -0.05) is 19.3 Å². The van der Waals surface area contributed by atoms with Crippen LogP contribution in [0.25, 0.3) is 0 Å². The summed E-state index contributed by atoms with van der Waals surface area (Å²) in [6.45, 7) is 5.37. The molecule has 1 aliphatic carbocycles. The number of rotatable bonds is 4. The van der Waals surface area contributed by atoms with E-state index in [0.717, 1.165) is 19.7 Å². The maximum absolute atomic E-state index is 6.32. The summed E-state index contributed by atoms with van der Waals surface area (Å²) in [6.07, 6.45) is 9.79. The molecule has 4 heteroatoms. The zero-order valence-corrected chi connectivity index (χ0v) is 12.7. The van der Waals surface area contributed by atoms with Gasteiger partial charge in [-0.05, 0) is 32.6 Å². The van der Waals surface area contributed by atoms with Gasteiger partial charge in [-0.2, -0.15) is 0 Å². The van der Waals surface area contributed by atoms with Crippen LogP contribution in [0.4, 0.5) is 0 Å². The van der Waals surface area contributed by atoms with Gasteiger partial charge in [0.15, 0.2) is 0 Å². The van der Waals surface area contributed by atoms with E-state index < -0.39 is 0 Å². The molecule has 20 heavy (non-hydrogen) atoms. The molecule has 0 aromatic carbocycles. The summed E-state index contributed by atoms with van der Waals surface area (Å²) in [7, 11) is 0. The molecule has 2 heterocycles. The molecule has 1 N–H and O–H groups in total. The monoisotopic (exact) mass is 283 g/mol. The van der Waals surface area contributed by atoms with Gasteiger partial charge in [0.1, 0.15) is 0 Å². The van der Waals surface area contributed by atoms with Crippen LogP contribution >= 0.6 is 0 Å². The minimum absolute atomic E-state index is 0.198. The second-order valence-electron chi connectivity index (χ2n) is 6.79. The molecule has 0 bridgehead atoms. The first-order valence-corrected chi connectivity index (χ1v) is 8.37. The average Bonchev–Trinajstić information content (AvgIpc) is 2.83. The zero-order chi connectivity index (χ0) is 13.8. The summed E-state index contributed by atoms with van der Waals surface area (Å²) in [6, 6.07) is 0. The van der Waals surface area contributed by atoms with Gasteiger partial charge in [-0.3, -0.25) is 0 Å². The molecule has 2 saturated heterocycles. The molecule has 3 atom stereocenters. The van der Waals surface area contributed by atoms with Crippen molar-refractivity contribution in [2.45, 2.75) is 75.8 Å². The average molecular weight is 283 g/mol. The SMILES string of the molecule is CC1CNCC(COCC2CCC3(CCCCC3)O2)O1. The van der Waals surface area contributed by atoms with Crippen molar-refractivity contribution in [3.63, 3.8) is 0 Å². The lowest BCUT2D eigenvalue weighted by atomic mass is 9.83. The summed E-state index contributed by atoms with van der Waals surface area (Å²) >= 11 is 0. The summed E-state index contributed by atoms with van der Waals surface area (Å²) in [5.74, 6) is 0. The molecule has 3 aliphatic rings. The van der Waals surface area contributed by atoms with Gasteiger partial charge in [-0.25, -0.2) is 0 Å². The van der Waals surface area contributed by atoms with Crippen LogP contribution in [-0.2, 0) is 14.2 Å². The van der Waals surface area contributed by atoms with E-state index in [1.807, 2.05) is 0 Å². The normalized spacial score (nSPS) is 37.4. The van der Waals surface area contributed by atoms with Gasteiger partial charge in [0.05, 0.1) is 37.1 Å². The second kappa shape index (κ2) is 6.73. The van der Waals surface area contributed by atoms with Crippen molar-refractivity contribution in [3.05, 3.63) is 0 Å². The van der Waals surface area contributed by atoms with Gasteiger partial charge >= 0.3 is 0 Å². The fourth-order valence-electron chi connectivity index (χ4n) is 3.88. The largest absolute Gasteiger partial charge is 0.376 e. The molecule has 1 spiro atoms. The lowest BCUT2D eigenvalue weighted by Crippen LogP contribution is -2.45. The van der Waals surface area contributed by atoms with Crippen LogP contribution in [0.15, 0.2) is 0 Å². The quantitative estimate of drug-likeness (QED) is 0.859. The van der Waals surface area contributed by atoms with Crippen molar-refractivity contribution < 1.29 is 14.2 Å².